The van der Waals surface area contributed by atoms with Gasteiger partial charge in [-0.1, -0.05) is 0 Å². The van der Waals surface area contributed by atoms with Crippen LogP contribution in [0.25, 0.3) is 5.82 Å². The van der Waals surface area contributed by atoms with E-state index in [1.807, 2.05) is 0 Å². The third kappa shape index (κ3) is 3.36. The number of sulfonamides is 1. The standard InChI is InChI=1S/C14H9ClF2N4O2S/c15-14-18-4-3-12(19-14)21-5-1-2-13(21)24(22,23)20-11-7-9(16)6-10(17)8-11/h1-8,20H. The maximum atomic E-state index is 13.2. The Morgan fingerprint density at radius 1 is 1.12 bits per heavy atom. The molecular formula is C14H9ClF2N4O2S. The summed E-state index contributed by atoms with van der Waals surface area (Å²) in [4.78, 5) is 7.65. The van der Waals surface area contributed by atoms with Gasteiger partial charge in [-0.15, -0.1) is 0 Å². The number of nitrogens with zero attached hydrogens (tertiary/aromatic N) is 3. The Balaban J connectivity index is 2.01. The maximum Gasteiger partial charge on any atom is 0.277 e. The number of hydrogen-bond acceptors (Lipinski definition) is 4. The SMILES string of the molecule is O=S(=O)(Nc1cc(F)cc(F)c1)c1cccn1-c1ccnc(Cl)n1. The minimum atomic E-state index is -4.12. The Labute approximate surface area is 140 Å². The topological polar surface area (TPSA) is 76.9 Å². The van der Waals surface area contributed by atoms with E-state index >= 15 is 0 Å². The Bertz CT molecular complexity index is 987. The molecule has 0 amide bonds. The molecule has 3 aromatic rings. The van der Waals surface area contributed by atoms with Gasteiger partial charge in [0.1, 0.15) is 17.5 Å². The first-order valence-electron chi connectivity index (χ1n) is 6.50. The van der Waals surface area contributed by atoms with E-state index in [0.717, 1.165) is 12.1 Å². The molecule has 124 valence electrons. The van der Waals surface area contributed by atoms with Crippen molar-refractivity contribution >= 4 is 27.3 Å². The molecule has 0 fully saturated rings. The van der Waals surface area contributed by atoms with E-state index < -0.39 is 21.7 Å². The van der Waals surface area contributed by atoms with Gasteiger partial charge >= 0.3 is 0 Å². The fourth-order valence-electron chi connectivity index (χ4n) is 2.05. The van der Waals surface area contributed by atoms with Crippen molar-refractivity contribution in [2.45, 2.75) is 5.03 Å². The highest BCUT2D eigenvalue weighted by molar-refractivity contribution is 7.92. The van der Waals surface area contributed by atoms with Crippen molar-refractivity contribution in [2.75, 3.05) is 4.72 Å². The van der Waals surface area contributed by atoms with Gasteiger partial charge in [0.05, 0.1) is 5.69 Å². The summed E-state index contributed by atoms with van der Waals surface area (Å²) in [7, 11) is -4.12. The highest BCUT2D eigenvalue weighted by Gasteiger charge is 2.20. The predicted molar refractivity (Wildman–Crippen MR) is 83.5 cm³/mol. The van der Waals surface area contributed by atoms with Crippen LogP contribution in [-0.4, -0.2) is 23.0 Å². The molecule has 1 aromatic carbocycles. The number of halogens is 3. The lowest BCUT2D eigenvalue weighted by Gasteiger charge is -2.11. The minimum Gasteiger partial charge on any atom is -0.290 e. The van der Waals surface area contributed by atoms with Gasteiger partial charge in [-0.3, -0.25) is 9.29 Å². The number of rotatable bonds is 4. The van der Waals surface area contributed by atoms with Crippen LogP contribution in [-0.2, 0) is 10.0 Å². The third-order valence-electron chi connectivity index (χ3n) is 2.96. The summed E-state index contributed by atoms with van der Waals surface area (Å²) < 4.78 is 54.8. The molecule has 10 heteroatoms. The number of nitrogens with one attached hydrogen (secondary N) is 1. The van der Waals surface area contributed by atoms with E-state index in [1.165, 1.54) is 35.2 Å². The van der Waals surface area contributed by atoms with Crippen LogP contribution < -0.4 is 4.72 Å². The van der Waals surface area contributed by atoms with Gasteiger partial charge in [0.15, 0.2) is 5.03 Å². The zero-order valence-corrected chi connectivity index (χ0v) is 13.4. The van der Waals surface area contributed by atoms with Crippen LogP contribution in [0.15, 0.2) is 53.8 Å². The average Bonchev–Trinajstić information content (AvgIpc) is 2.95. The molecule has 3 rings (SSSR count). The second-order valence-electron chi connectivity index (χ2n) is 4.66. The molecule has 2 heterocycles. The molecule has 24 heavy (non-hydrogen) atoms. The highest BCUT2D eigenvalue weighted by atomic mass is 35.5. The number of benzene rings is 1. The quantitative estimate of drug-likeness (QED) is 0.716. The monoisotopic (exact) mass is 370 g/mol. The molecular weight excluding hydrogens is 362 g/mol. The maximum absolute atomic E-state index is 13.2. The zero-order chi connectivity index (χ0) is 17.3. The van der Waals surface area contributed by atoms with Crippen molar-refractivity contribution in [3.63, 3.8) is 0 Å². The van der Waals surface area contributed by atoms with Crippen molar-refractivity contribution in [3.05, 3.63) is 65.7 Å². The smallest absolute Gasteiger partial charge is 0.277 e. The van der Waals surface area contributed by atoms with E-state index in [4.69, 9.17) is 11.6 Å². The van der Waals surface area contributed by atoms with Gasteiger partial charge < -0.3 is 0 Å². The van der Waals surface area contributed by atoms with Gasteiger partial charge in [-0.25, -0.2) is 13.8 Å². The van der Waals surface area contributed by atoms with Crippen molar-refractivity contribution in [3.8, 4) is 5.82 Å². The van der Waals surface area contributed by atoms with Gasteiger partial charge in [0, 0.05) is 18.5 Å². The Hall–Kier alpha value is -2.52. The molecule has 0 radical (unpaired) electrons. The zero-order valence-electron chi connectivity index (χ0n) is 11.8. The molecule has 0 aliphatic rings. The Kier molecular flexibility index (Phi) is 4.20. The average molecular weight is 371 g/mol. The molecule has 0 atom stereocenters. The van der Waals surface area contributed by atoms with Crippen LogP contribution in [0.2, 0.25) is 5.28 Å². The number of hydrogen-bond donors (Lipinski definition) is 1. The molecule has 0 saturated heterocycles. The molecule has 0 aliphatic heterocycles. The van der Waals surface area contributed by atoms with E-state index in [-0.39, 0.29) is 21.8 Å². The molecule has 0 unspecified atom stereocenters. The summed E-state index contributed by atoms with van der Waals surface area (Å²) in [6.45, 7) is 0. The predicted octanol–water partition coefficient (Wildman–Crippen LogP) is 3.00. The van der Waals surface area contributed by atoms with E-state index in [9.17, 15) is 17.2 Å². The first-order chi connectivity index (χ1) is 11.3. The lowest BCUT2D eigenvalue weighted by atomic mass is 10.3. The van der Waals surface area contributed by atoms with E-state index in [0.29, 0.717) is 6.07 Å². The minimum absolute atomic E-state index is 0.0512. The third-order valence-corrected chi connectivity index (χ3v) is 4.53. The van der Waals surface area contributed by atoms with Crippen LogP contribution in [0.4, 0.5) is 14.5 Å². The second kappa shape index (κ2) is 6.17. The van der Waals surface area contributed by atoms with Crippen molar-refractivity contribution < 1.29 is 17.2 Å². The van der Waals surface area contributed by atoms with Crippen molar-refractivity contribution in [2.24, 2.45) is 0 Å². The van der Waals surface area contributed by atoms with Crippen LogP contribution >= 0.6 is 11.6 Å². The molecule has 0 aliphatic carbocycles. The van der Waals surface area contributed by atoms with E-state index in [2.05, 4.69) is 14.7 Å². The first-order valence-corrected chi connectivity index (χ1v) is 8.36. The van der Waals surface area contributed by atoms with Crippen molar-refractivity contribution in [1.82, 2.24) is 14.5 Å². The second-order valence-corrected chi connectivity index (χ2v) is 6.63. The summed E-state index contributed by atoms with van der Waals surface area (Å²) in [5.74, 6) is -1.57. The van der Waals surface area contributed by atoms with Crippen LogP contribution in [0.3, 0.4) is 0 Å². The fourth-order valence-corrected chi connectivity index (χ4v) is 3.40. The summed E-state index contributed by atoms with van der Waals surface area (Å²) in [5.41, 5.74) is -0.235. The van der Waals surface area contributed by atoms with Crippen molar-refractivity contribution in [1.29, 1.82) is 0 Å². The molecule has 2 aromatic heterocycles. The normalized spacial score (nSPS) is 11.5. The summed E-state index contributed by atoms with van der Waals surface area (Å²) >= 11 is 5.71. The Morgan fingerprint density at radius 3 is 2.50 bits per heavy atom. The van der Waals surface area contributed by atoms with E-state index in [1.54, 1.807) is 0 Å². The molecule has 0 saturated carbocycles. The lowest BCUT2D eigenvalue weighted by molar-refractivity contribution is 0.583. The summed E-state index contributed by atoms with van der Waals surface area (Å²) in [6, 6.07) is 6.64. The lowest BCUT2D eigenvalue weighted by Crippen LogP contribution is -2.17. The van der Waals surface area contributed by atoms with Crippen LogP contribution in [0.5, 0.6) is 0 Å². The molecule has 0 spiro atoms. The van der Waals surface area contributed by atoms with Gasteiger partial charge in [0.2, 0.25) is 5.28 Å². The van der Waals surface area contributed by atoms with Gasteiger partial charge in [0.25, 0.3) is 10.0 Å². The molecule has 1 N–H and O–H groups in total. The number of anilines is 1. The highest BCUT2D eigenvalue weighted by Crippen LogP contribution is 2.21. The Morgan fingerprint density at radius 2 is 1.83 bits per heavy atom. The van der Waals surface area contributed by atoms with Crippen LogP contribution in [0, 0.1) is 11.6 Å². The largest absolute Gasteiger partial charge is 0.290 e. The van der Waals surface area contributed by atoms with Gasteiger partial charge in [-0.2, -0.15) is 13.4 Å². The summed E-state index contributed by atoms with van der Waals surface area (Å²) in [5, 5.41) is -0.230. The summed E-state index contributed by atoms with van der Waals surface area (Å²) in [6.07, 6.45) is 2.83. The number of aromatic nitrogens is 3. The first kappa shape index (κ1) is 16.3. The molecule has 0 bridgehead atoms. The van der Waals surface area contributed by atoms with Crippen LogP contribution in [0.1, 0.15) is 0 Å². The van der Waals surface area contributed by atoms with Gasteiger partial charge in [-0.05, 0) is 41.9 Å². The fraction of sp³-hybridized carbons (Fsp3) is 0. The molecule has 6 nitrogen and oxygen atoms in total.